The molecular weight excluding hydrogens is 304 g/mol. The van der Waals surface area contributed by atoms with E-state index in [1.54, 1.807) is 13.8 Å². The Hall–Kier alpha value is -1.51. The number of aliphatic hydroxyl groups excluding tert-OH is 1. The largest absolute Gasteiger partial charge is 0.479 e. The molecule has 126 valence electrons. The van der Waals surface area contributed by atoms with Crippen molar-refractivity contribution in [3.63, 3.8) is 0 Å². The molecule has 2 saturated heterocycles. The number of rotatable bonds is 5. The van der Waals surface area contributed by atoms with Gasteiger partial charge in [-0.25, -0.2) is 4.79 Å². The van der Waals surface area contributed by atoms with Gasteiger partial charge in [-0.05, 0) is 19.4 Å². The van der Waals surface area contributed by atoms with Crippen LogP contribution in [0.2, 0.25) is 0 Å². The fraction of sp³-hybridized carbons (Fsp3) is 0.562. The zero-order valence-corrected chi connectivity index (χ0v) is 12.9. The number of ether oxygens (including phenoxy) is 4. The van der Waals surface area contributed by atoms with Crippen LogP contribution in [0.3, 0.4) is 0 Å². The second-order valence-electron chi connectivity index (χ2n) is 6.11. The molecule has 0 saturated carbocycles. The molecule has 3 rings (SSSR count). The summed E-state index contributed by atoms with van der Waals surface area (Å²) in [5, 5.41) is 18.9. The zero-order chi connectivity index (χ0) is 16.6. The number of carboxylic acid groups (broad SMARTS) is 1. The molecule has 2 aliphatic rings. The van der Waals surface area contributed by atoms with Crippen molar-refractivity contribution in [2.45, 2.75) is 56.9 Å². The maximum atomic E-state index is 11.1. The van der Waals surface area contributed by atoms with E-state index in [1.165, 1.54) is 0 Å². The van der Waals surface area contributed by atoms with E-state index in [1.807, 2.05) is 30.3 Å². The molecule has 1 aromatic carbocycles. The molecule has 23 heavy (non-hydrogen) atoms. The third-order valence-electron chi connectivity index (χ3n) is 3.87. The average Bonchev–Trinajstić information content (AvgIpc) is 2.98. The summed E-state index contributed by atoms with van der Waals surface area (Å²) in [5.74, 6) is -2.25. The normalized spacial score (nSPS) is 33.3. The molecule has 2 aliphatic heterocycles. The number of carboxylic acids is 1. The maximum Gasteiger partial charge on any atom is 0.335 e. The van der Waals surface area contributed by atoms with Crippen LogP contribution in [0, 0.1) is 0 Å². The maximum absolute atomic E-state index is 11.1. The van der Waals surface area contributed by atoms with Crippen LogP contribution in [-0.2, 0) is 30.3 Å². The summed E-state index contributed by atoms with van der Waals surface area (Å²) in [4.78, 5) is 11.1. The molecule has 1 aromatic rings. The summed E-state index contributed by atoms with van der Waals surface area (Å²) < 4.78 is 22.7. The summed E-state index contributed by atoms with van der Waals surface area (Å²) in [6.45, 7) is 3.74. The third-order valence-corrected chi connectivity index (χ3v) is 3.87. The van der Waals surface area contributed by atoms with E-state index in [0.717, 1.165) is 5.56 Å². The van der Waals surface area contributed by atoms with Gasteiger partial charge in [-0.3, -0.25) is 0 Å². The van der Waals surface area contributed by atoms with Crippen LogP contribution in [0.5, 0.6) is 0 Å². The van der Waals surface area contributed by atoms with Crippen LogP contribution < -0.4 is 0 Å². The van der Waals surface area contributed by atoms with Crippen molar-refractivity contribution >= 4 is 5.97 Å². The molecule has 2 heterocycles. The zero-order valence-electron chi connectivity index (χ0n) is 12.9. The third kappa shape index (κ3) is 3.39. The molecule has 2 fully saturated rings. The fourth-order valence-corrected chi connectivity index (χ4v) is 2.87. The Morgan fingerprint density at radius 2 is 1.91 bits per heavy atom. The molecule has 5 atom stereocenters. The minimum atomic E-state index is -1.70. The highest BCUT2D eigenvalue weighted by molar-refractivity contribution is 5.73. The second-order valence-corrected chi connectivity index (χ2v) is 6.11. The Bertz CT molecular complexity index is 559. The SMILES string of the molecule is CC1(C)O[C@@H]2[C@@H](OCc3ccccc3)OC([C@H](O)C(=O)O)[C@@H]2O1. The van der Waals surface area contributed by atoms with Crippen molar-refractivity contribution in [2.75, 3.05) is 0 Å². The monoisotopic (exact) mass is 324 g/mol. The van der Waals surface area contributed by atoms with Gasteiger partial charge < -0.3 is 29.2 Å². The van der Waals surface area contributed by atoms with Gasteiger partial charge in [0, 0.05) is 0 Å². The topological polar surface area (TPSA) is 94.5 Å². The Labute approximate surface area is 133 Å². The van der Waals surface area contributed by atoms with E-state index in [9.17, 15) is 9.90 Å². The van der Waals surface area contributed by atoms with Crippen LogP contribution in [0.4, 0.5) is 0 Å². The van der Waals surface area contributed by atoms with E-state index < -0.39 is 42.5 Å². The van der Waals surface area contributed by atoms with Gasteiger partial charge in [0.1, 0.15) is 18.3 Å². The number of fused-ring (bicyclic) bond motifs is 1. The molecule has 0 bridgehead atoms. The Kier molecular flexibility index (Phi) is 4.39. The van der Waals surface area contributed by atoms with Crippen LogP contribution in [-0.4, -0.2) is 52.7 Å². The van der Waals surface area contributed by atoms with Gasteiger partial charge in [-0.2, -0.15) is 0 Å². The molecule has 7 heteroatoms. The molecular formula is C16H20O7. The predicted octanol–water partition coefficient (Wildman–Crippen LogP) is 0.894. The van der Waals surface area contributed by atoms with Crippen LogP contribution in [0.15, 0.2) is 30.3 Å². The lowest BCUT2D eigenvalue weighted by Crippen LogP contribution is -2.42. The van der Waals surface area contributed by atoms with Crippen molar-refractivity contribution < 1.29 is 34.0 Å². The number of benzene rings is 1. The number of aliphatic carboxylic acids is 1. The van der Waals surface area contributed by atoms with E-state index >= 15 is 0 Å². The van der Waals surface area contributed by atoms with Crippen LogP contribution in [0.1, 0.15) is 19.4 Å². The van der Waals surface area contributed by atoms with E-state index in [4.69, 9.17) is 24.1 Å². The first-order valence-electron chi connectivity index (χ1n) is 7.45. The summed E-state index contributed by atoms with van der Waals surface area (Å²) in [6, 6.07) is 9.51. The van der Waals surface area contributed by atoms with Gasteiger partial charge in [-0.1, -0.05) is 30.3 Å². The van der Waals surface area contributed by atoms with Crippen molar-refractivity contribution in [3.8, 4) is 0 Å². The predicted molar refractivity (Wildman–Crippen MR) is 77.4 cm³/mol. The highest BCUT2D eigenvalue weighted by Crippen LogP contribution is 2.40. The second kappa shape index (κ2) is 6.18. The number of aliphatic hydroxyl groups is 1. The Morgan fingerprint density at radius 1 is 1.26 bits per heavy atom. The summed E-state index contributed by atoms with van der Waals surface area (Å²) in [5.41, 5.74) is 0.952. The van der Waals surface area contributed by atoms with E-state index in [-0.39, 0.29) is 6.61 Å². The molecule has 0 aromatic heterocycles. The minimum Gasteiger partial charge on any atom is -0.479 e. The van der Waals surface area contributed by atoms with Gasteiger partial charge in [0.2, 0.25) is 0 Å². The van der Waals surface area contributed by atoms with Gasteiger partial charge >= 0.3 is 5.97 Å². The lowest BCUT2D eigenvalue weighted by Gasteiger charge is -2.25. The molecule has 2 N–H and O–H groups in total. The van der Waals surface area contributed by atoms with Crippen molar-refractivity contribution in [1.29, 1.82) is 0 Å². The van der Waals surface area contributed by atoms with Crippen molar-refractivity contribution in [2.24, 2.45) is 0 Å². The van der Waals surface area contributed by atoms with Crippen molar-refractivity contribution in [3.05, 3.63) is 35.9 Å². The number of hydrogen-bond donors (Lipinski definition) is 2. The van der Waals surface area contributed by atoms with E-state index in [2.05, 4.69) is 0 Å². The number of hydrogen-bond acceptors (Lipinski definition) is 6. The molecule has 0 aliphatic carbocycles. The summed E-state index contributed by atoms with van der Waals surface area (Å²) >= 11 is 0. The number of carbonyl (C=O) groups is 1. The van der Waals surface area contributed by atoms with Crippen LogP contribution >= 0.6 is 0 Å². The smallest absolute Gasteiger partial charge is 0.335 e. The molecule has 7 nitrogen and oxygen atoms in total. The first kappa shape index (κ1) is 16.4. The van der Waals surface area contributed by atoms with Gasteiger partial charge in [-0.15, -0.1) is 0 Å². The lowest BCUT2D eigenvalue weighted by molar-refractivity contribution is -0.246. The average molecular weight is 324 g/mol. The molecule has 0 spiro atoms. The van der Waals surface area contributed by atoms with Crippen molar-refractivity contribution in [1.82, 2.24) is 0 Å². The lowest BCUT2D eigenvalue weighted by atomic mass is 10.1. The Balaban J connectivity index is 1.72. The van der Waals surface area contributed by atoms with Crippen LogP contribution in [0.25, 0.3) is 0 Å². The highest BCUT2D eigenvalue weighted by Gasteiger charge is 2.58. The minimum absolute atomic E-state index is 0.286. The summed E-state index contributed by atoms with van der Waals surface area (Å²) in [7, 11) is 0. The van der Waals surface area contributed by atoms with E-state index in [0.29, 0.717) is 0 Å². The Morgan fingerprint density at radius 3 is 2.57 bits per heavy atom. The molecule has 1 unspecified atom stereocenters. The molecule has 0 radical (unpaired) electrons. The first-order valence-corrected chi connectivity index (χ1v) is 7.45. The van der Waals surface area contributed by atoms with Gasteiger partial charge in [0.15, 0.2) is 18.2 Å². The van der Waals surface area contributed by atoms with Gasteiger partial charge in [0.05, 0.1) is 6.61 Å². The quantitative estimate of drug-likeness (QED) is 0.830. The highest BCUT2D eigenvalue weighted by atomic mass is 16.8. The standard InChI is InChI=1S/C16H20O7/c1-16(2)22-12-11(10(17)14(18)19)21-15(13(12)23-16)20-8-9-6-4-3-5-7-9/h3-7,10-13,15,17H,8H2,1-2H3,(H,18,19)/t10-,11?,12-,13-,15-/m0/s1. The fourth-order valence-electron chi connectivity index (χ4n) is 2.87. The summed E-state index contributed by atoms with van der Waals surface area (Å²) in [6.07, 6.45) is -4.84. The first-order chi connectivity index (χ1) is 10.9. The molecule has 0 amide bonds. The van der Waals surface area contributed by atoms with Gasteiger partial charge in [0.25, 0.3) is 0 Å².